The molecule has 0 spiro atoms. The maximum atomic E-state index is 14.0. The van der Waals surface area contributed by atoms with E-state index in [2.05, 4.69) is 11.8 Å². The van der Waals surface area contributed by atoms with Gasteiger partial charge in [0.05, 0.1) is 11.4 Å². The van der Waals surface area contributed by atoms with Gasteiger partial charge in [-0.15, -0.1) is 0 Å². The maximum Gasteiger partial charge on any atom is 0.329 e. The number of aliphatic carboxylic acids is 1. The van der Waals surface area contributed by atoms with Crippen LogP contribution in [0.2, 0.25) is 0 Å². The Morgan fingerprint density at radius 1 is 0.892 bits per heavy atom. The van der Waals surface area contributed by atoms with Gasteiger partial charge in [-0.1, -0.05) is 54.5 Å². The molecule has 2 atom stereocenters. The van der Waals surface area contributed by atoms with Crippen molar-refractivity contribution in [1.82, 2.24) is 9.80 Å². The molecule has 0 aliphatic carbocycles. The molecule has 37 heavy (non-hydrogen) atoms. The minimum Gasteiger partial charge on any atom is -0.480 e. The van der Waals surface area contributed by atoms with Crippen molar-refractivity contribution in [2.45, 2.75) is 18.7 Å². The van der Waals surface area contributed by atoms with Crippen LogP contribution in [0.4, 0.5) is 16.2 Å². The normalized spacial score (nSPS) is 18.1. The lowest BCUT2D eigenvalue weighted by Crippen LogP contribution is -2.62. The lowest BCUT2D eigenvalue weighted by atomic mass is 10.0. The van der Waals surface area contributed by atoms with E-state index in [0.29, 0.717) is 22.5 Å². The van der Waals surface area contributed by atoms with Gasteiger partial charge in [0.25, 0.3) is 0 Å². The van der Waals surface area contributed by atoms with Crippen LogP contribution in [-0.2, 0) is 11.2 Å². The molecule has 8 heteroatoms. The molecule has 0 radical (unpaired) electrons. The summed E-state index contributed by atoms with van der Waals surface area (Å²) in [6, 6.07) is 21.4. The van der Waals surface area contributed by atoms with E-state index < -0.39 is 24.3 Å². The van der Waals surface area contributed by atoms with Crippen LogP contribution in [0.25, 0.3) is 0 Å². The van der Waals surface area contributed by atoms with Gasteiger partial charge in [0, 0.05) is 37.2 Å². The number of ketones is 1. The van der Waals surface area contributed by atoms with Crippen LogP contribution in [0.3, 0.4) is 0 Å². The molecule has 3 aromatic carbocycles. The number of urea groups is 1. The summed E-state index contributed by atoms with van der Waals surface area (Å²) in [6.07, 6.45) is -1.05. The van der Waals surface area contributed by atoms with Crippen LogP contribution in [-0.4, -0.2) is 69.7 Å². The third-order valence-corrected chi connectivity index (χ3v) is 6.63. The highest BCUT2D eigenvalue weighted by atomic mass is 16.4. The van der Waals surface area contributed by atoms with Crippen molar-refractivity contribution in [1.29, 1.82) is 0 Å². The number of hydrogen-bond donors (Lipinski definition) is 2. The number of para-hydroxylation sites is 2. The molecular formula is C29H25N3O5. The van der Waals surface area contributed by atoms with Gasteiger partial charge in [-0.3, -0.25) is 14.6 Å². The lowest BCUT2D eigenvalue weighted by molar-refractivity contribution is -0.145. The summed E-state index contributed by atoms with van der Waals surface area (Å²) in [4.78, 5) is 43.6. The summed E-state index contributed by atoms with van der Waals surface area (Å²) in [7, 11) is 0. The molecule has 3 aromatic rings. The number of carboxylic acid groups (broad SMARTS) is 1. The van der Waals surface area contributed by atoms with Crippen molar-refractivity contribution in [3.05, 3.63) is 95.6 Å². The van der Waals surface area contributed by atoms with Crippen molar-refractivity contribution in [3.8, 4) is 11.8 Å². The number of carbonyl (C=O) groups excluding carboxylic acids is 2. The fraction of sp³-hybridized carbons (Fsp3) is 0.207. The standard InChI is InChI=1S/C29H25N3O5/c33-26-18-21-10-4-6-12-23(21)32(24-13-7-5-11-22(24)26)29(37)31-17-16-30(19-25(31)28(35)36)27(34)15-14-20-8-2-1-3-9-20/h1-13,25,27,34H,16-19H2,(H,35,36)/t25-,27?/m0/s1. The molecular weight excluding hydrogens is 470 g/mol. The number of carboxylic acids is 1. The maximum absolute atomic E-state index is 14.0. The number of anilines is 2. The Morgan fingerprint density at radius 3 is 2.32 bits per heavy atom. The number of amides is 2. The Bertz CT molecular complexity index is 1410. The summed E-state index contributed by atoms with van der Waals surface area (Å²) < 4.78 is 0. The third kappa shape index (κ3) is 4.83. The Balaban J connectivity index is 1.44. The van der Waals surface area contributed by atoms with E-state index in [-0.39, 0.29) is 31.8 Å². The number of aliphatic hydroxyl groups excluding tert-OH is 1. The van der Waals surface area contributed by atoms with Gasteiger partial charge >= 0.3 is 12.0 Å². The molecule has 0 bridgehead atoms. The number of Topliss-reactive ketones (excluding diaryl/α,β-unsaturated/α-hetero) is 1. The smallest absolute Gasteiger partial charge is 0.329 e. The van der Waals surface area contributed by atoms with E-state index in [9.17, 15) is 24.6 Å². The van der Waals surface area contributed by atoms with Gasteiger partial charge in [0.1, 0.15) is 6.04 Å². The van der Waals surface area contributed by atoms with Crippen LogP contribution in [0.1, 0.15) is 21.5 Å². The topological polar surface area (TPSA) is 101 Å². The first-order valence-corrected chi connectivity index (χ1v) is 12.0. The zero-order valence-corrected chi connectivity index (χ0v) is 19.9. The number of piperazine rings is 1. The van der Waals surface area contributed by atoms with Crippen LogP contribution >= 0.6 is 0 Å². The minimum atomic E-state index is -1.22. The molecule has 186 valence electrons. The molecule has 2 N–H and O–H groups in total. The molecule has 1 unspecified atom stereocenters. The highest BCUT2D eigenvalue weighted by molar-refractivity contribution is 6.12. The summed E-state index contributed by atoms with van der Waals surface area (Å²) in [5, 5.41) is 20.7. The zero-order chi connectivity index (χ0) is 25.9. The largest absolute Gasteiger partial charge is 0.480 e. The van der Waals surface area contributed by atoms with Crippen molar-refractivity contribution in [2.75, 3.05) is 24.5 Å². The molecule has 1 saturated heterocycles. The average Bonchev–Trinajstić information content (AvgIpc) is 3.05. The van der Waals surface area contributed by atoms with Crippen molar-refractivity contribution >= 4 is 29.2 Å². The number of nitrogens with zero attached hydrogens (tertiary/aromatic N) is 3. The van der Waals surface area contributed by atoms with Gasteiger partial charge in [-0.25, -0.2) is 9.59 Å². The first kappa shape index (κ1) is 24.3. The number of carbonyl (C=O) groups is 3. The lowest BCUT2D eigenvalue weighted by Gasteiger charge is -2.42. The van der Waals surface area contributed by atoms with E-state index in [1.807, 2.05) is 30.3 Å². The van der Waals surface area contributed by atoms with E-state index in [0.717, 1.165) is 5.56 Å². The number of aliphatic hydroxyl groups is 1. The second kappa shape index (κ2) is 10.3. The number of hydrogen-bond acceptors (Lipinski definition) is 5. The van der Waals surface area contributed by atoms with Gasteiger partial charge in [0.15, 0.2) is 12.0 Å². The van der Waals surface area contributed by atoms with E-state index in [1.54, 1.807) is 53.4 Å². The van der Waals surface area contributed by atoms with Crippen molar-refractivity contribution < 1.29 is 24.6 Å². The van der Waals surface area contributed by atoms with Crippen LogP contribution < -0.4 is 4.90 Å². The predicted molar refractivity (Wildman–Crippen MR) is 137 cm³/mol. The van der Waals surface area contributed by atoms with Crippen molar-refractivity contribution in [3.63, 3.8) is 0 Å². The third-order valence-electron chi connectivity index (χ3n) is 6.63. The highest BCUT2D eigenvalue weighted by Crippen LogP contribution is 2.37. The molecule has 5 rings (SSSR count). The number of benzene rings is 3. The van der Waals surface area contributed by atoms with Crippen LogP contribution in [0.5, 0.6) is 0 Å². The Labute approximate surface area is 214 Å². The molecule has 2 amide bonds. The van der Waals surface area contributed by atoms with Gasteiger partial charge < -0.3 is 15.1 Å². The summed E-state index contributed by atoms with van der Waals surface area (Å²) in [5.74, 6) is 4.36. The van der Waals surface area contributed by atoms with E-state index in [1.165, 1.54) is 9.80 Å². The fourth-order valence-electron chi connectivity index (χ4n) is 4.74. The van der Waals surface area contributed by atoms with E-state index in [4.69, 9.17) is 0 Å². The predicted octanol–water partition coefficient (Wildman–Crippen LogP) is 3.12. The first-order valence-electron chi connectivity index (χ1n) is 12.0. The molecule has 8 nitrogen and oxygen atoms in total. The highest BCUT2D eigenvalue weighted by Gasteiger charge is 2.41. The molecule has 0 saturated carbocycles. The fourth-order valence-corrected chi connectivity index (χ4v) is 4.74. The van der Waals surface area contributed by atoms with Crippen LogP contribution in [0, 0.1) is 11.8 Å². The SMILES string of the molecule is O=C1Cc2ccccc2N(C(=O)N2CCN(C(O)C#Cc3ccccc3)C[C@H]2C(=O)O)c2ccccc21. The molecule has 0 aromatic heterocycles. The Hall–Kier alpha value is -4.45. The summed E-state index contributed by atoms with van der Waals surface area (Å²) in [5.41, 5.74) is 2.80. The second-order valence-electron chi connectivity index (χ2n) is 8.92. The Kier molecular flexibility index (Phi) is 6.73. The van der Waals surface area contributed by atoms with Gasteiger partial charge in [-0.05, 0) is 41.8 Å². The quantitative estimate of drug-likeness (QED) is 0.530. The van der Waals surface area contributed by atoms with Crippen LogP contribution in [0.15, 0.2) is 78.9 Å². The first-order chi connectivity index (χ1) is 17.9. The zero-order valence-electron chi connectivity index (χ0n) is 19.9. The molecule has 2 aliphatic rings. The number of fused-ring (bicyclic) bond motifs is 2. The minimum absolute atomic E-state index is 0.0641. The van der Waals surface area contributed by atoms with Gasteiger partial charge in [0.2, 0.25) is 0 Å². The second-order valence-corrected chi connectivity index (χ2v) is 8.92. The Morgan fingerprint density at radius 2 is 1.57 bits per heavy atom. The summed E-state index contributed by atoms with van der Waals surface area (Å²) >= 11 is 0. The van der Waals surface area contributed by atoms with Gasteiger partial charge in [-0.2, -0.15) is 0 Å². The molecule has 2 heterocycles. The summed E-state index contributed by atoms with van der Waals surface area (Å²) in [6.45, 7) is 0.201. The van der Waals surface area contributed by atoms with E-state index >= 15 is 0 Å². The molecule has 2 aliphatic heterocycles. The monoisotopic (exact) mass is 495 g/mol. The molecule has 1 fully saturated rings. The van der Waals surface area contributed by atoms with Crippen molar-refractivity contribution in [2.24, 2.45) is 0 Å². The average molecular weight is 496 g/mol. The number of rotatable bonds is 2.